The van der Waals surface area contributed by atoms with E-state index in [4.69, 9.17) is 16.6 Å². The zero-order chi connectivity index (χ0) is 20.2. The SMILES string of the molecule is Cc1c(Cl)ccc2sc(N(Cc3ccccn3)C(=O)CCc3ccccc3)nc12. The Morgan fingerprint density at radius 3 is 2.62 bits per heavy atom. The van der Waals surface area contributed by atoms with Crippen LogP contribution in [-0.2, 0) is 17.8 Å². The van der Waals surface area contributed by atoms with Crippen molar-refractivity contribution in [3.05, 3.63) is 88.7 Å². The number of pyridine rings is 1. The topological polar surface area (TPSA) is 46.1 Å². The van der Waals surface area contributed by atoms with Gasteiger partial charge in [0.25, 0.3) is 0 Å². The fourth-order valence-electron chi connectivity index (χ4n) is 3.15. The Morgan fingerprint density at radius 1 is 1.07 bits per heavy atom. The summed E-state index contributed by atoms with van der Waals surface area (Å²) in [7, 11) is 0. The molecular formula is C23H20ClN3OS. The van der Waals surface area contributed by atoms with Crippen molar-refractivity contribution in [2.24, 2.45) is 0 Å². The number of halogens is 1. The van der Waals surface area contributed by atoms with Crippen LogP contribution in [0.15, 0.2) is 66.9 Å². The summed E-state index contributed by atoms with van der Waals surface area (Å²) < 4.78 is 1.02. The van der Waals surface area contributed by atoms with E-state index in [9.17, 15) is 4.79 Å². The van der Waals surface area contributed by atoms with Gasteiger partial charge >= 0.3 is 0 Å². The maximum absolute atomic E-state index is 13.2. The number of hydrogen-bond donors (Lipinski definition) is 0. The van der Waals surface area contributed by atoms with Gasteiger partial charge in [0.2, 0.25) is 5.91 Å². The van der Waals surface area contributed by atoms with Gasteiger partial charge in [-0.05, 0) is 48.7 Å². The van der Waals surface area contributed by atoms with Crippen molar-refractivity contribution >= 4 is 44.2 Å². The molecule has 2 heterocycles. The minimum Gasteiger partial charge on any atom is -0.282 e. The maximum atomic E-state index is 13.2. The van der Waals surface area contributed by atoms with Crippen molar-refractivity contribution in [1.82, 2.24) is 9.97 Å². The number of carbonyl (C=O) groups is 1. The molecule has 0 atom stereocenters. The van der Waals surface area contributed by atoms with Crippen LogP contribution in [0.5, 0.6) is 0 Å². The molecule has 0 aliphatic carbocycles. The third kappa shape index (κ3) is 4.47. The fraction of sp³-hybridized carbons (Fsp3) is 0.174. The second kappa shape index (κ2) is 8.72. The van der Waals surface area contributed by atoms with Crippen LogP contribution in [0.3, 0.4) is 0 Å². The normalized spacial score (nSPS) is 11.0. The van der Waals surface area contributed by atoms with Crippen LogP contribution in [0.2, 0.25) is 5.02 Å². The van der Waals surface area contributed by atoms with Crippen molar-refractivity contribution in [3.8, 4) is 0 Å². The number of hydrogen-bond acceptors (Lipinski definition) is 4. The number of fused-ring (bicyclic) bond motifs is 1. The molecule has 0 bridgehead atoms. The number of rotatable bonds is 6. The van der Waals surface area contributed by atoms with Gasteiger partial charge < -0.3 is 0 Å². The largest absolute Gasteiger partial charge is 0.282 e. The van der Waals surface area contributed by atoms with Crippen LogP contribution in [0.25, 0.3) is 10.2 Å². The second-order valence-electron chi connectivity index (χ2n) is 6.80. The van der Waals surface area contributed by atoms with Crippen LogP contribution >= 0.6 is 22.9 Å². The average molecular weight is 422 g/mol. The number of nitrogens with zero attached hydrogens (tertiary/aromatic N) is 3. The molecule has 0 radical (unpaired) electrons. The van der Waals surface area contributed by atoms with Crippen molar-refractivity contribution in [3.63, 3.8) is 0 Å². The lowest BCUT2D eigenvalue weighted by atomic mass is 10.1. The van der Waals surface area contributed by atoms with E-state index in [1.807, 2.05) is 67.6 Å². The van der Waals surface area contributed by atoms with Gasteiger partial charge in [-0.2, -0.15) is 0 Å². The van der Waals surface area contributed by atoms with E-state index in [0.717, 1.165) is 27.0 Å². The van der Waals surface area contributed by atoms with E-state index in [1.54, 1.807) is 11.1 Å². The number of aryl methyl sites for hydroxylation is 2. The first-order valence-electron chi connectivity index (χ1n) is 9.41. The van der Waals surface area contributed by atoms with E-state index in [1.165, 1.54) is 11.3 Å². The lowest BCUT2D eigenvalue weighted by Gasteiger charge is -2.19. The number of aromatic nitrogens is 2. The van der Waals surface area contributed by atoms with Crippen LogP contribution in [0.1, 0.15) is 23.2 Å². The molecule has 2 aromatic heterocycles. The van der Waals surface area contributed by atoms with Gasteiger partial charge in [0.1, 0.15) is 0 Å². The van der Waals surface area contributed by atoms with Gasteiger partial charge in [0.15, 0.2) is 5.13 Å². The van der Waals surface area contributed by atoms with E-state index in [0.29, 0.717) is 29.5 Å². The molecule has 4 aromatic rings. The number of amides is 1. The van der Waals surface area contributed by atoms with Crippen LogP contribution in [0.4, 0.5) is 5.13 Å². The number of thiazole rings is 1. The third-order valence-corrected chi connectivity index (χ3v) is 6.24. The minimum atomic E-state index is 0.0299. The van der Waals surface area contributed by atoms with Crippen molar-refractivity contribution in [1.29, 1.82) is 0 Å². The average Bonchev–Trinajstić information content (AvgIpc) is 3.19. The summed E-state index contributed by atoms with van der Waals surface area (Å²) in [5.41, 5.74) is 3.75. The zero-order valence-corrected chi connectivity index (χ0v) is 17.6. The molecule has 29 heavy (non-hydrogen) atoms. The molecule has 0 unspecified atom stereocenters. The van der Waals surface area contributed by atoms with Gasteiger partial charge in [0, 0.05) is 17.6 Å². The summed E-state index contributed by atoms with van der Waals surface area (Å²) in [6, 6.07) is 19.6. The summed E-state index contributed by atoms with van der Waals surface area (Å²) in [4.78, 5) is 24.1. The number of benzene rings is 2. The molecule has 0 aliphatic heterocycles. The smallest absolute Gasteiger partial charge is 0.229 e. The van der Waals surface area contributed by atoms with E-state index >= 15 is 0 Å². The van der Waals surface area contributed by atoms with Crippen molar-refractivity contribution < 1.29 is 4.79 Å². The molecule has 0 N–H and O–H groups in total. The third-order valence-electron chi connectivity index (χ3n) is 4.79. The zero-order valence-electron chi connectivity index (χ0n) is 16.0. The lowest BCUT2D eigenvalue weighted by Crippen LogP contribution is -2.30. The summed E-state index contributed by atoms with van der Waals surface area (Å²) in [6.07, 6.45) is 2.84. The molecule has 1 amide bonds. The van der Waals surface area contributed by atoms with E-state index in [-0.39, 0.29) is 5.91 Å². The number of carbonyl (C=O) groups excluding carboxylic acids is 1. The molecule has 0 fully saturated rings. The highest BCUT2D eigenvalue weighted by atomic mass is 35.5. The first-order chi connectivity index (χ1) is 14.1. The molecule has 0 aliphatic rings. The summed E-state index contributed by atoms with van der Waals surface area (Å²) in [5, 5.41) is 1.36. The summed E-state index contributed by atoms with van der Waals surface area (Å²) in [6.45, 7) is 2.34. The predicted octanol–water partition coefficient (Wildman–Crippen LogP) is 5.82. The summed E-state index contributed by atoms with van der Waals surface area (Å²) in [5.74, 6) is 0.0299. The molecule has 4 nitrogen and oxygen atoms in total. The Balaban J connectivity index is 1.64. The molecule has 4 rings (SSSR count). The first-order valence-corrected chi connectivity index (χ1v) is 10.6. The van der Waals surface area contributed by atoms with Crippen molar-refractivity contribution in [2.75, 3.05) is 4.90 Å². The maximum Gasteiger partial charge on any atom is 0.229 e. The Morgan fingerprint density at radius 2 is 1.86 bits per heavy atom. The lowest BCUT2D eigenvalue weighted by molar-refractivity contribution is -0.118. The van der Waals surface area contributed by atoms with Crippen LogP contribution in [0, 0.1) is 6.92 Å². The Kier molecular flexibility index (Phi) is 5.88. The van der Waals surface area contributed by atoms with Gasteiger partial charge in [0.05, 0.1) is 22.5 Å². The Labute approximate surface area is 178 Å². The molecule has 2 aromatic carbocycles. The second-order valence-corrected chi connectivity index (χ2v) is 8.22. The molecular weight excluding hydrogens is 402 g/mol. The predicted molar refractivity (Wildman–Crippen MR) is 120 cm³/mol. The van der Waals surface area contributed by atoms with Gasteiger partial charge in [-0.1, -0.05) is 59.3 Å². The molecule has 0 spiro atoms. The van der Waals surface area contributed by atoms with Gasteiger partial charge in [-0.3, -0.25) is 14.7 Å². The van der Waals surface area contributed by atoms with Crippen LogP contribution < -0.4 is 4.90 Å². The van der Waals surface area contributed by atoms with E-state index in [2.05, 4.69) is 4.98 Å². The summed E-state index contributed by atoms with van der Waals surface area (Å²) >= 11 is 7.77. The molecule has 146 valence electrons. The Bertz CT molecular complexity index is 1130. The monoisotopic (exact) mass is 421 g/mol. The molecule has 0 saturated carbocycles. The highest BCUT2D eigenvalue weighted by molar-refractivity contribution is 7.22. The molecule has 6 heteroatoms. The highest BCUT2D eigenvalue weighted by Gasteiger charge is 2.21. The quantitative estimate of drug-likeness (QED) is 0.394. The molecule has 0 saturated heterocycles. The van der Waals surface area contributed by atoms with E-state index < -0.39 is 0 Å². The fourth-order valence-corrected chi connectivity index (χ4v) is 4.35. The van der Waals surface area contributed by atoms with Gasteiger partial charge in [-0.15, -0.1) is 0 Å². The Hall–Kier alpha value is -2.76. The van der Waals surface area contributed by atoms with Crippen molar-refractivity contribution in [2.45, 2.75) is 26.3 Å². The van der Waals surface area contributed by atoms with Gasteiger partial charge in [-0.25, -0.2) is 4.98 Å². The highest BCUT2D eigenvalue weighted by Crippen LogP contribution is 2.34. The standard InChI is InChI=1S/C23H20ClN3OS/c1-16-19(24)11-12-20-22(16)26-23(29-20)27(15-18-9-5-6-14-25-18)21(28)13-10-17-7-3-2-4-8-17/h2-9,11-12,14H,10,13,15H2,1H3. The van der Waals surface area contributed by atoms with Crippen LogP contribution in [-0.4, -0.2) is 15.9 Å². The number of anilines is 1. The first kappa shape index (κ1) is 19.6. The minimum absolute atomic E-state index is 0.0299.